The molecule has 0 saturated heterocycles. The van der Waals surface area contributed by atoms with Crippen molar-refractivity contribution >= 4 is 100 Å². The van der Waals surface area contributed by atoms with Crippen molar-refractivity contribution in [2.75, 3.05) is 200 Å². The average molecular weight is 1790 g/mol. The second-order valence-electron chi connectivity index (χ2n) is 36.2. The fourth-order valence-electron chi connectivity index (χ4n) is 16.5. The summed E-state index contributed by atoms with van der Waals surface area (Å²) in [6, 6.07) is 82.2. The van der Waals surface area contributed by atoms with Crippen LogP contribution in [0, 0.1) is 0 Å². The van der Waals surface area contributed by atoms with Gasteiger partial charge in [-0.15, -0.1) is 0 Å². The molecule has 0 radical (unpaired) electrons. The number of unbranched alkanes of at least 4 members (excludes halogenated alkanes) is 1. The number of nitrogens with zero attached hydrogens (tertiary/aromatic N) is 6. The average Bonchev–Trinajstić information content (AvgIpc) is 0.824. The normalized spacial score (nSPS) is 12.0. The number of hydrogen-bond donors (Lipinski definition) is 0. The first-order valence-corrected chi connectivity index (χ1v) is 47.9. The summed E-state index contributed by atoms with van der Waals surface area (Å²) < 4.78 is 38.5. The van der Waals surface area contributed by atoms with Crippen molar-refractivity contribution in [3.8, 4) is 0 Å². The number of hydrogen-bond acceptors (Lipinski definition) is 12. The van der Waals surface area contributed by atoms with Gasteiger partial charge >= 0.3 is 35.8 Å². The molecule has 18 heteroatoms. The van der Waals surface area contributed by atoms with Gasteiger partial charge in [-0.1, -0.05) is 228 Å². The first-order valence-electron chi connectivity index (χ1n) is 47.9. The van der Waals surface area contributed by atoms with Gasteiger partial charge < -0.3 is 55.3 Å². The zero-order valence-corrected chi connectivity index (χ0v) is 82.3. The van der Waals surface area contributed by atoms with Gasteiger partial charge in [0.05, 0.1) is 154 Å². The molecule has 0 spiro atoms. The summed E-state index contributed by atoms with van der Waals surface area (Å²) in [6.07, 6.45) is 5.92. The highest BCUT2D eigenvalue weighted by atomic mass is 16.6. The van der Waals surface area contributed by atoms with Crippen LogP contribution in [0.4, 0.5) is 0 Å². The van der Waals surface area contributed by atoms with Gasteiger partial charge in [-0.2, -0.15) is 0 Å². The molecule has 0 saturated carbocycles. The van der Waals surface area contributed by atoms with E-state index in [-0.39, 0.29) is 35.8 Å². The summed E-state index contributed by atoms with van der Waals surface area (Å²) in [5.41, 5.74) is 3.80. The van der Waals surface area contributed by atoms with Crippen molar-refractivity contribution in [2.45, 2.75) is 115 Å². The van der Waals surface area contributed by atoms with Crippen LogP contribution in [0.25, 0.3) is 64.6 Å². The Morgan fingerprint density at radius 3 is 0.679 bits per heavy atom. The summed E-state index contributed by atoms with van der Waals surface area (Å²) in [7, 11) is 12.4. The smallest absolute Gasteiger partial charge is 0.338 e. The number of ether oxygens (including phenoxy) is 6. The third-order valence-electron chi connectivity index (χ3n) is 25.6. The first kappa shape index (κ1) is 107. The molecule has 131 heavy (non-hydrogen) atoms. The summed E-state index contributed by atoms with van der Waals surface area (Å²) in [5.74, 6) is -1.38. The molecule has 12 aromatic carbocycles. The molecule has 12 aromatic rings. The Bertz CT molecular complexity index is 5490. The van der Waals surface area contributed by atoms with Crippen molar-refractivity contribution in [1.29, 1.82) is 0 Å². The molecule has 0 aliphatic carbocycles. The standard InChI is InChI=1S/C22H32NO2.C21H30NO2.2C19H26NO2.2C16H20NO2/c1-4-7-15-23(6-3,14-5-2)16-17-25-22(24)21-13-12-19-10-8-9-11-20(19)18-21;1-4-13-22(6-3,14-5-2)15-16-24-21(23)20-12-11-18-9-7-8-10-19(18)17-20;1-4-20(5-2,6-3)14-15-22-19(21)18-13-9-11-16-10-7-8-12-17(16)18;1-4-20(5-2,6-3)13-14-22-19(21)18-12-11-16-9-7-8-10-17(16)15-18;1-17(2,3)11-12-19-16(18)15-10-6-8-13-7-4-5-9-14(13)15;1-17(2,3)10-11-19-16(18)15-9-8-13-6-4-5-7-14(13)12-15/h8-13,18H,4-7,14-17H2,1-3H3;7-12,17H,4-6,13-16H2,1-3H3;7-13H,4-6,14-15H2,1-3H3;7-12,15H,4-6,13-14H2,1-3H3;4-10H,11-12H2,1-3H3;4-9,12H,10-11H2,1-3H3/q6*+1. The minimum absolute atomic E-state index is 0.216. The van der Waals surface area contributed by atoms with Gasteiger partial charge in [0.1, 0.15) is 78.9 Å². The number of fused-ring (bicyclic) bond motifs is 6. The van der Waals surface area contributed by atoms with Crippen LogP contribution < -0.4 is 0 Å². The monoisotopic (exact) mass is 1790 g/mol. The van der Waals surface area contributed by atoms with Crippen LogP contribution in [-0.2, 0) is 28.4 Å². The predicted molar refractivity (Wildman–Crippen MR) is 541 cm³/mol. The number of quaternary nitrogens is 6. The van der Waals surface area contributed by atoms with E-state index in [1.54, 1.807) is 0 Å². The van der Waals surface area contributed by atoms with E-state index in [2.05, 4.69) is 131 Å². The van der Waals surface area contributed by atoms with Gasteiger partial charge in [0.15, 0.2) is 0 Å². The van der Waals surface area contributed by atoms with Gasteiger partial charge in [-0.05, 0) is 206 Å². The zero-order chi connectivity index (χ0) is 95.3. The van der Waals surface area contributed by atoms with Crippen LogP contribution in [0.5, 0.6) is 0 Å². The van der Waals surface area contributed by atoms with Crippen LogP contribution >= 0.6 is 0 Å². The summed E-state index contributed by atoms with van der Waals surface area (Å²) >= 11 is 0. The number of likely N-dealkylation sites (N-methyl/N-ethyl adjacent to an activating group) is 6. The van der Waals surface area contributed by atoms with Crippen molar-refractivity contribution < 1.29 is 84.1 Å². The molecule has 702 valence electrons. The fourth-order valence-corrected chi connectivity index (χ4v) is 16.5. The molecule has 0 amide bonds. The summed E-state index contributed by atoms with van der Waals surface area (Å²) in [4.78, 5) is 73.4. The Morgan fingerprint density at radius 2 is 0.427 bits per heavy atom. The Labute approximate surface area is 783 Å². The lowest BCUT2D eigenvalue weighted by atomic mass is 10.1. The lowest BCUT2D eigenvalue weighted by Crippen LogP contribution is -2.51. The molecule has 0 fully saturated rings. The van der Waals surface area contributed by atoms with E-state index in [1.807, 2.05) is 249 Å². The minimum atomic E-state index is -0.251. The maximum Gasteiger partial charge on any atom is 0.338 e. The molecule has 0 N–H and O–H groups in total. The molecule has 0 aromatic heterocycles. The van der Waals surface area contributed by atoms with E-state index in [4.69, 9.17) is 28.4 Å². The molecule has 0 aliphatic heterocycles. The van der Waals surface area contributed by atoms with Crippen LogP contribution in [-0.4, -0.2) is 262 Å². The van der Waals surface area contributed by atoms with Gasteiger partial charge in [-0.3, -0.25) is 0 Å². The number of benzene rings is 12. The van der Waals surface area contributed by atoms with Gasteiger partial charge in [-0.25, -0.2) is 28.8 Å². The largest absolute Gasteiger partial charge is 0.456 e. The molecule has 1 atom stereocenters. The van der Waals surface area contributed by atoms with Crippen LogP contribution in [0.2, 0.25) is 0 Å². The van der Waals surface area contributed by atoms with Crippen LogP contribution in [0.15, 0.2) is 255 Å². The minimum Gasteiger partial charge on any atom is -0.456 e. The third kappa shape index (κ3) is 34.2. The molecule has 1 unspecified atom stereocenters. The Morgan fingerprint density at radius 1 is 0.206 bits per heavy atom. The molecule has 12 rings (SSSR count). The van der Waals surface area contributed by atoms with Gasteiger partial charge in [0.2, 0.25) is 0 Å². The van der Waals surface area contributed by atoms with Crippen LogP contribution in [0.3, 0.4) is 0 Å². The first-order chi connectivity index (χ1) is 63.0. The molecule has 0 bridgehead atoms. The van der Waals surface area contributed by atoms with Crippen LogP contribution in [0.1, 0.15) is 177 Å². The molecule has 18 nitrogen and oxygen atoms in total. The number of rotatable bonds is 41. The Balaban J connectivity index is 0.000000215. The van der Waals surface area contributed by atoms with E-state index in [0.717, 1.165) is 222 Å². The highest BCUT2D eigenvalue weighted by Crippen LogP contribution is 2.26. The summed E-state index contributed by atoms with van der Waals surface area (Å²) in [6.45, 7) is 47.7. The highest BCUT2D eigenvalue weighted by molar-refractivity contribution is 6.06. The van der Waals surface area contributed by atoms with Crippen molar-refractivity contribution in [3.05, 3.63) is 288 Å². The molecular weight excluding hydrogens is 1630 g/mol. The maximum atomic E-state index is 12.4. The van der Waals surface area contributed by atoms with E-state index in [1.165, 1.54) is 19.4 Å². The third-order valence-corrected chi connectivity index (χ3v) is 25.6. The van der Waals surface area contributed by atoms with Crippen molar-refractivity contribution in [1.82, 2.24) is 0 Å². The van der Waals surface area contributed by atoms with E-state index in [0.29, 0.717) is 73.0 Å². The predicted octanol–water partition coefficient (Wildman–Crippen LogP) is 22.8. The topological polar surface area (TPSA) is 158 Å². The fraction of sp³-hybridized carbons (Fsp3) is 0.416. The van der Waals surface area contributed by atoms with Gasteiger partial charge in [0, 0.05) is 0 Å². The lowest BCUT2D eigenvalue weighted by Gasteiger charge is -2.37. The van der Waals surface area contributed by atoms with Crippen molar-refractivity contribution in [3.63, 3.8) is 0 Å². The molecular formula is C113H154N6O12+6. The van der Waals surface area contributed by atoms with E-state index < -0.39 is 0 Å². The van der Waals surface area contributed by atoms with E-state index >= 15 is 0 Å². The lowest BCUT2D eigenvalue weighted by molar-refractivity contribution is -0.926. The maximum absolute atomic E-state index is 12.4. The number of carbonyl (C=O) groups is 6. The second kappa shape index (κ2) is 54.6. The number of esters is 6. The Kier molecular flexibility index (Phi) is 44.5. The summed E-state index contributed by atoms with van der Waals surface area (Å²) in [5, 5.41) is 12.8. The second-order valence-corrected chi connectivity index (χ2v) is 36.2. The van der Waals surface area contributed by atoms with Gasteiger partial charge in [0.25, 0.3) is 0 Å². The van der Waals surface area contributed by atoms with E-state index in [9.17, 15) is 28.8 Å². The number of carbonyl (C=O) groups excluding carboxylic acids is 6. The quantitative estimate of drug-likeness (QED) is 0.0203. The molecule has 0 heterocycles. The zero-order valence-electron chi connectivity index (χ0n) is 82.3. The van der Waals surface area contributed by atoms with Crippen molar-refractivity contribution in [2.24, 2.45) is 0 Å². The highest BCUT2D eigenvalue weighted by Gasteiger charge is 2.28. The SMILES string of the molecule is CCCC[N+](CC)(CCC)CCOC(=O)c1ccc2ccccc2c1.CCC[N+](CC)(CCC)CCOC(=O)c1ccc2ccccc2c1.CC[N+](CC)(CC)CCOC(=O)c1ccc2ccccc2c1.CC[N+](CC)(CC)CCOC(=O)c1cccc2ccccc12.C[N+](C)(C)CCOC(=O)c1ccc2ccccc2c1.C[N+](C)(C)CCOC(=O)c1cccc2ccccc12. The Hall–Kier alpha value is -11.2. The molecule has 0 aliphatic rings.